The van der Waals surface area contributed by atoms with Crippen molar-refractivity contribution in [2.24, 2.45) is 11.3 Å². The van der Waals surface area contributed by atoms with E-state index in [2.05, 4.69) is 55.8 Å². The van der Waals surface area contributed by atoms with Crippen molar-refractivity contribution >= 4 is 29.1 Å². The average Bonchev–Trinajstić information content (AvgIpc) is 3.19. The second kappa shape index (κ2) is 11.2. The van der Waals surface area contributed by atoms with E-state index in [4.69, 9.17) is 27.9 Å². The van der Waals surface area contributed by atoms with E-state index in [9.17, 15) is 4.79 Å². The van der Waals surface area contributed by atoms with Gasteiger partial charge in [-0.2, -0.15) is 0 Å². The number of hydrogen-bond donors (Lipinski definition) is 1. The number of halogens is 2. The molecule has 5 rings (SSSR count). The number of ether oxygens (including phenoxy) is 1. The molecular formula is C31H43Cl2N3O2. The fourth-order valence-electron chi connectivity index (χ4n) is 6.47. The zero-order valence-corrected chi connectivity index (χ0v) is 25.0. The normalized spacial score (nSPS) is 20.1. The molecule has 38 heavy (non-hydrogen) atoms. The minimum Gasteiger partial charge on any atom is -0.381 e. The van der Waals surface area contributed by atoms with Crippen molar-refractivity contribution in [1.82, 2.24) is 14.8 Å². The van der Waals surface area contributed by atoms with Crippen LogP contribution in [0.1, 0.15) is 87.3 Å². The number of rotatable bonds is 6. The summed E-state index contributed by atoms with van der Waals surface area (Å²) in [6, 6.07) is 6.21. The van der Waals surface area contributed by atoms with Gasteiger partial charge in [0.05, 0.1) is 27.9 Å². The van der Waals surface area contributed by atoms with Crippen molar-refractivity contribution < 1.29 is 9.53 Å². The van der Waals surface area contributed by atoms with Crippen LogP contribution >= 0.6 is 23.2 Å². The molecule has 7 heteroatoms. The summed E-state index contributed by atoms with van der Waals surface area (Å²) in [4.78, 5) is 15.8. The van der Waals surface area contributed by atoms with Crippen LogP contribution in [0.2, 0.25) is 10.0 Å². The summed E-state index contributed by atoms with van der Waals surface area (Å²) in [6.45, 7) is 13.3. The zero-order chi connectivity index (χ0) is 27.1. The van der Waals surface area contributed by atoms with Gasteiger partial charge in [-0.25, -0.2) is 0 Å². The monoisotopic (exact) mass is 559 g/mol. The van der Waals surface area contributed by atoms with Crippen LogP contribution in [0.5, 0.6) is 0 Å². The highest BCUT2D eigenvalue weighted by Crippen LogP contribution is 2.42. The number of likely N-dealkylation sites (tertiary alicyclic amines) is 1. The summed E-state index contributed by atoms with van der Waals surface area (Å²) in [5.74, 6) is 0.739. The fourth-order valence-corrected chi connectivity index (χ4v) is 6.98. The summed E-state index contributed by atoms with van der Waals surface area (Å²) in [5, 5.41) is 4.64. The van der Waals surface area contributed by atoms with E-state index in [0.29, 0.717) is 22.5 Å². The number of carbonyl (C=O) groups excluding carboxylic acids is 1. The molecule has 2 aliphatic heterocycles. The van der Waals surface area contributed by atoms with Gasteiger partial charge in [-0.05, 0) is 70.9 Å². The Labute approximate surface area is 238 Å². The summed E-state index contributed by atoms with van der Waals surface area (Å²) < 4.78 is 8.09. The third-order valence-corrected chi connectivity index (χ3v) is 9.67. The number of nitrogens with zero attached hydrogens (tertiary/aromatic N) is 2. The lowest BCUT2D eigenvalue weighted by Crippen LogP contribution is -2.61. The van der Waals surface area contributed by atoms with E-state index < -0.39 is 0 Å². The molecule has 3 heterocycles. The highest BCUT2D eigenvalue weighted by atomic mass is 35.5. The van der Waals surface area contributed by atoms with Crippen molar-refractivity contribution in [3.8, 4) is 11.3 Å². The lowest BCUT2D eigenvalue weighted by atomic mass is 9.75. The second-order valence-electron chi connectivity index (χ2n) is 13.0. The average molecular weight is 561 g/mol. The topological polar surface area (TPSA) is 46.5 Å². The van der Waals surface area contributed by atoms with Gasteiger partial charge in [0.25, 0.3) is 5.91 Å². The number of amides is 1. The molecular weight excluding hydrogens is 517 g/mol. The van der Waals surface area contributed by atoms with Gasteiger partial charge in [-0.1, -0.05) is 54.6 Å². The first-order chi connectivity index (χ1) is 18.1. The van der Waals surface area contributed by atoms with Crippen molar-refractivity contribution in [2.45, 2.75) is 91.3 Å². The van der Waals surface area contributed by atoms with Gasteiger partial charge in [0.1, 0.15) is 0 Å². The predicted octanol–water partition coefficient (Wildman–Crippen LogP) is 7.49. The standard InChI is InChI=1S/C31H43Cl2N3O2/c1-21-25(29(37)35-18-31(19-35)13-8-14-38-20-31)15-26(36(21)17-22-9-6-5-7-10-22)24-12-11-23(27(32)28(24)33)16-34-30(2,3)4/h11-12,15,22,34H,5-10,13-14,16-20H2,1-4H3. The molecule has 3 fully saturated rings. The number of aromatic nitrogens is 1. The number of hydrogen-bond acceptors (Lipinski definition) is 3. The first kappa shape index (κ1) is 28.0. The van der Waals surface area contributed by atoms with Crippen molar-refractivity contribution in [3.05, 3.63) is 45.1 Å². The van der Waals surface area contributed by atoms with Crippen LogP contribution in [0.15, 0.2) is 18.2 Å². The largest absolute Gasteiger partial charge is 0.381 e. The van der Waals surface area contributed by atoms with E-state index in [1.165, 1.54) is 32.1 Å². The van der Waals surface area contributed by atoms with Gasteiger partial charge >= 0.3 is 0 Å². The Morgan fingerprint density at radius 1 is 1.11 bits per heavy atom. The molecule has 1 spiro atoms. The zero-order valence-electron chi connectivity index (χ0n) is 23.5. The number of nitrogens with one attached hydrogen (secondary N) is 1. The molecule has 1 amide bonds. The molecule has 0 bridgehead atoms. The minimum absolute atomic E-state index is 0.0191. The highest BCUT2D eigenvalue weighted by molar-refractivity contribution is 6.44. The van der Waals surface area contributed by atoms with E-state index >= 15 is 0 Å². The second-order valence-corrected chi connectivity index (χ2v) is 13.7. The van der Waals surface area contributed by atoms with Gasteiger partial charge < -0.3 is 19.5 Å². The maximum absolute atomic E-state index is 13.8. The molecule has 2 aromatic rings. The smallest absolute Gasteiger partial charge is 0.255 e. The molecule has 2 saturated heterocycles. The summed E-state index contributed by atoms with van der Waals surface area (Å²) in [7, 11) is 0. The van der Waals surface area contributed by atoms with Gasteiger partial charge in [-0.15, -0.1) is 0 Å². The first-order valence-corrected chi connectivity index (χ1v) is 15.1. The maximum Gasteiger partial charge on any atom is 0.255 e. The van der Waals surface area contributed by atoms with Crippen LogP contribution in [0.3, 0.4) is 0 Å². The quantitative estimate of drug-likeness (QED) is 0.398. The lowest BCUT2D eigenvalue weighted by Gasteiger charge is -2.51. The number of carbonyl (C=O) groups is 1. The molecule has 5 nitrogen and oxygen atoms in total. The lowest BCUT2D eigenvalue weighted by molar-refractivity contribution is -0.0863. The van der Waals surface area contributed by atoms with Crippen LogP contribution in [0.25, 0.3) is 11.3 Å². The Morgan fingerprint density at radius 3 is 2.50 bits per heavy atom. The van der Waals surface area contributed by atoms with Crippen molar-refractivity contribution in [1.29, 1.82) is 0 Å². The van der Waals surface area contributed by atoms with E-state index in [0.717, 1.165) is 73.8 Å². The molecule has 1 aromatic carbocycles. The molecule has 1 saturated carbocycles. The van der Waals surface area contributed by atoms with Gasteiger partial charge in [0.15, 0.2) is 0 Å². The molecule has 1 N–H and O–H groups in total. The molecule has 1 aliphatic carbocycles. The molecule has 1 aromatic heterocycles. The van der Waals surface area contributed by atoms with Crippen molar-refractivity contribution in [3.63, 3.8) is 0 Å². The van der Waals surface area contributed by atoms with E-state index in [1.54, 1.807) is 0 Å². The maximum atomic E-state index is 13.8. The Balaban J connectivity index is 1.46. The predicted molar refractivity (Wildman–Crippen MR) is 156 cm³/mol. The van der Waals surface area contributed by atoms with Crippen LogP contribution in [0, 0.1) is 18.3 Å². The third kappa shape index (κ3) is 5.82. The summed E-state index contributed by atoms with van der Waals surface area (Å²) >= 11 is 13.8. The number of benzene rings is 1. The van der Waals surface area contributed by atoms with E-state index in [1.807, 2.05) is 4.90 Å². The van der Waals surface area contributed by atoms with Crippen LogP contribution in [-0.2, 0) is 17.8 Å². The SMILES string of the molecule is Cc1c(C(=O)N2CC3(CCCOC3)C2)cc(-c2ccc(CNC(C)(C)C)c(Cl)c2Cl)n1CC1CCCCC1. The molecule has 208 valence electrons. The summed E-state index contributed by atoms with van der Waals surface area (Å²) in [6.07, 6.45) is 8.60. The van der Waals surface area contributed by atoms with Gasteiger partial charge in [0.2, 0.25) is 0 Å². The first-order valence-electron chi connectivity index (χ1n) is 14.4. The Bertz CT molecular complexity index is 1160. The molecule has 0 atom stereocenters. The third-order valence-electron chi connectivity index (χ3n) is 8.75. The highest BCUT2D eigenvalue weighted by Gasteiger charge is 2.46. The molecule has 3 aliphatic rings. The summed E-state index contributed by atoms with van der Waals surface area (Å²) in [5.41, 5.74) is 4.83. The Hall–Kier alpha value is -1.53. The fraction of sp³-hybridized carbons (Fsp3) is 0.645. The van der Waals surface area contributed by atoms with Gasteiger partial charge in [0, 0.05) is 55.0 Å². The molecule has 0 radical (unpaired) electrons. The van der Waals surface area contributed by atoms with Crippen LogP contribution in [-0.4, -0.2) is 47.2 Å². The Kier molecular flexibility index (Phi) is 8.22. The van der Waals surface area contributed by atoms with Crippen LogP contribution in [0.4, 0.5) is 0 Å². The Morgan fingerprint density at radius 2 is 1.84 bits per heavy atom. The minimum atomic E-state index is -0.0191. The molecule has 0 unspecified atom stereocenters. The van der Waals surface area contributed by atoms with Gasteiger partial charge in [-0.3, -0.25) is 4.79 Å². The van der Waals surface area contributed by atoms with Crippen molar-refractivity contribution in [2.75, 3.05) is 26.3 Å². The van der Waals surface area contributed by atoms with Crippen LogP contribution < -0.4 is 5.32 Å². The van der Waals surface area contributed by atoms with E-state index in [-0.39, 0.29) is 16.9 Å².